The minimum Gasteiger partial charge on any atom is -0.300 e. The number of hydrogen-bond donors (Lipinski definition) is 0. The van der Waals surface area contributed by atoms with Gasteiger partial charge >= 0.3 is 0 Å². The first-order valence-corrected chi connectivity index (χ1v) is 4.74. The lowest BCUT2D eigenvalue weighted by atomic mass is 10.0. The van der Waals surface area contributed by atoms with Crippen molar-refractivity contribution < 1.29 is 9.72 Å². The van der Waals surface area contributed by atoms with Crippen LogP contribution >= 0.6 is 0 Å². The Bertz CT molecular complexity index is 399. The molecule has 0 amide bonds. The van der Waals surface area contributed by atoms with Crippen molar-refractivity contribution in [2.24, 2.45) is 0 Å². The Morgan fingerprint density at radius 2 is 2.13 bits per heavy atom. The quantitative estimate of drug-likeness (QED) is 0.562. The average Bonchev–Trinajstić information content (AvgIpc) is 2.15. The van der Waals surface area contributed by atoms with Gasteiger partial charge in [0.15, 0.2) is 0 Å². The molecule has 0 radical (unpaired) electrons. The van der Waals surface area contributed by atoms with Gasteiger partial charge in [-0.2, -0.15) is 0 Å². The fourth-order valence-corrected chi connectivity index (χ4v) is 1.45. The van der Waals surface area contributed by atoms with Crippen molar-refractivity contribution in [3.05, 3.63) is 39.4 Å². The van der Waals surface area contributed by atoms with E-state index in [1.165, 1.54) is 13.0 Å². The van der Waals surface area contributed by atoms with Gasteiger partial charge in [0.1, 0.15) is 5.78 Å². The molecule has 80 valence electrons. The molecule has 0 atom stereocenters. The van der Waals surface area contributed by atoms with Crippen LogP contribution in [0.15, 0.2) is 18.2 Å². The Balaban J connectivity index is 2.94. The fraction of sp³-hybridized carbons (Fsp3) is 0.364. The summed E-state index contributed by atoms with van der Waals surface area (Å²) in [6.45, 7) is 3.24. The minimum atomic E-state index is -0.396. The Kier molecular flexibility index (Phi) is 3.55. The largest absolute Gasteiger partial charge is 0.300 e. The maximum Gasteiger partial charge on any atom is 0.272 e. The molecule has 0 unspecified atom stereocenters. The van der Waals surface area contributed by atoms with E-state index in [4.69, 9.17) is 0 Å². The van der Waals surface area contributed by atoms with Gasteiger partial charge in [0.25, 0.3) is 5.69 Å². The van der Waals surface area contributed by atoms with Crippen LogP contribution in [0.4, 0.5) is 5.69 Å². The number of carbonyl (C=O) groups excluding carboxylic acids is 1. The van der Waals surface area contributed by atoms with E-state index in [1.807, 2.05) is 6.07 Å². The van der Waals surface area contributed by atoms with Crippen LogP contribution in [0.25, 0.3) is 0 Å². The van der Waals surface area contributed by atoms with E-state index in [-0.39, 0.29) is 11.5 Å². The van der Waals surface area contributed by atoms with Crippen molar-refractivity contribution in [2.45, 2.75) is 26.7 Å². The topological polar surface area (TPSA) is 60.2 Å². The van der Waals surface area contributed by atoms with Crippen LogP contribution in [-0.4, -0.2) is 10.7 Å². The zero-order valence-electron chi connectivity index (χ0n) is 8.82. The lowest BCUT2D eigenvalue weighted by molar-refractivity contribution is -0.385. The molecule has 4 nitrogen and oxygen atoms in total. The number of Topliss-reactive ketones (excluding diaryl/α,β-unsaturated/α-hetero) is 1. The molecule has 1 aromatic carbocycles. The maximum atomic E-state index is 10.8. The first-order valence-electron chi connectivity index (χ1n) is 4.74. The van der Waals surface area contributed by atoms with E-state index in [2.05, 4.69) is 0 Å². The molecule has 0 saturated heterocycles. The molecule has 15 heavy (non-hydrogen) atoms. The van der Waals surface area contributed by atoms with Crippen molar-refractivity contribution in [1.29, 1.82) is 0 Å². The van der Waals surface area contributed by atoms with Gasteiger partial charge in [0.2, 0.25) is 0 Å². The molecule has 4 heteroatoms. The molecular weight excluding hydrogens is 194 g/mol. The van der Waals surface area contributed by atoms with Gasteiger partial charge < -0.3 is 4.79 Å². The van der Waals surface area contributed by atoms with Crippen LogP contribution in [0.3, 0.4) is 0 Å². The molecule has 0 aromatic heterocycles. The van der Waals surface area contributed by atoms with Crippen molar-refractivity contribution in [3.8, 4) is 0 Å². The molecule has 0 fully saturated rings. The first kappa shape index (κ1) is 11.4. The second-order valence-corrected chi connectivity index (χ2v) is 3.52. The van der Waals surface area contributed by atoms with Gasteiger partial charge in [-0.3, -0.25) is 10.1 Å². The molecular formula is C11H13NO3. The highest BCUT2D eigenvalue weighted by molar-refractivity contribution is 5.75. The second kappa shape index (κ2) is 4.68. The third-order valence-electron chi connectivity index (χ3n) is 2.36. The lowest BCUT2D eigenvalue weighted by Crippen LogP contribution is -1.99. The summed E-state index contributed by atoms with van der Waals surface area (Å²) in [5, 5.41) is 10.7. The Morgan fingerprint density at radius 1 is 1.47 bits per heavy atom. The van der Waals surface area contributed by atoms with Crippen LogP contribution in [0, 0.1) is 17.0 Å². The van der Waals surface area contributed by atoms with Crippen molar-refractivity contribution >= 4 is 11.5 Å². The number of nitro benzene ring substituents is 1. The van der Waals surface area contributed by atoms with Crippen LogP contribution in [0.5, 0.6) is 0 Å². The Morgan fingerprint density at radius 3 is 2.67 bits per heavy atom. The molecule has 1 rings (SSSR count). The third kappa shape index (κ3) is 2.87. The molecule has 0 saturated carbocycles. The van der Waals surface area contributed by atoms with Crippen LogP contribution < -0.4 is 0 Å². The maximum absolute atomic E-state index is 10.8. The zero-order valence-corrected chi connectivity index (χ0v) is 8.82. The summed E-state index contributed by atoms with van der Waals surface area (Å²) >= 11 is 0. The molecule has 1 aromatic rings. The van der Waals surface area contributed by atoms with Gasteiger partial charge in [0, 0.05) is 18.1 Å². The smallest absolute Gasteiger partial charge is 0.272 e. The second-order valence-electron chi connectivity index (χ2n) is 3.52. The number of hydrogen-bond acceptors (Lipinski definition) is 3. The summed E-state index contributed by atoms with van der Waals surface area (Å²) in [5.74, 6) is 0.0981. The highest BCUT2D eigenvalue weighted by Crippen LogP contribution is 2.21. The van der Waals surface area contributed by atoms with Gasteiger partial charge in [-0.05, 0) is 25.8 Å². The predicted molar refractivity (Wildman–Crippen MR) is 56.8 cm³/mol. The normalized spacial score (nSPS) is 10.0. The highest BCUT2D eigenvalue weighted by atomic mass is 16.6. The molecule has 0 aliphatic rings. The minimum absolute atomic E-state index is 0.0981. The summed E-state index contributed by atoms with van der Waals surface area (Å²) in [6.07, 6.45) is 1.00. The molecule has 0 bridgehead atoms. The monoisotopic (exact) mass is 207 g/mol. The average molecular weight is 207 g/mol. The molecule has 0 aliphatic heterocycles. The summed E-state index contributed by atoms with van der Waals surface area (Å²) in [7, 11) is 0. The van der Waals surface area contributed by atoms with Crippen LogP contribution in [-0.2, 0) is 11.2 Å². The van der Waals surface area contributed by atoms with Crippen LogP contribution in [0.2, 0.25) is 0 Å². The summed E-state index contributed by atoms with van der Waals surface area (Å²) in [6, 6.07) is 4.96. The number of nitrogens with zero attached hydrogens (tertiary/aromatic N) is 1. The SMILES string of the molecule is CC(=O)CCc1cccc([N+](=O)[O-])c1C. The molecule has 0 heterocycles. The summed E-state index contributed by atoms with van der Waals surface area (Å²) < 4.78 is 0. The van der Waals surface area contributed by atoms with Crippen LogP contribution in [0.1, 0.15) is 24.5 Å². The van der Waals surface area contributed by atoms with E-state index >= 15 is 0 Å². The van der Waals surface area contributed by atoms with Crippen molar-refractivity contribution in [2.75, 3.05) is 0 Å². The van der Waals surface area contributed by atoms with E-state index in [0.717, 1.165) is 5.56 Å². The predicted octanol–water partition coefficient (Wildman–Crippen LogP) is 2.42. The van der Waals surface area contributed by atoms with Crippen molar-refractivity contribution in [1.82, 2.24) is 0 Å². The number of nitro groups is 1. The number of aryl methyl sites for hydroxylation is 1. The highest BCUT2D eigenvalue weighted by Gasteiger charge is 2.12. The molecule has 0 aliphatic carbocycles. The summed E-state index contributed by atoms with van der Waals surface area (Å²) in [5.41, 5.74) is 1.65. The van der Waals surface area contributed by atoms with Gasteiger partial charge in [-0.1, -0.05) is 12.1 Å². The van der Waals surface area contributed by atoms with E-state index in [1.54, 1.807) is 13.0 Å². The van der Waals surface area contributed by atoms with Gasteiger partial charge in [0.05, 0.1) is 4.92 Å². The fourth-order valence-electron chi connectivity index (χ4n) is 1.45. The Labute approximate surface area is 88.1 Å². The lowest BCUT2D eigenvalue weighted by Gasteiger charge is -2.04. The number of benzene rings is 1. The van der Waals surface area contributed by atoms with E-state index < -0.39 is 4.92 Å². The third-order valence-corrected chi connectivity index (χ3v) is 2.36. The number of carbonyl (C=O) groups is 1. The first-order chi connectivity index (χ1) is 7.02. The zero-order chi connectivity index (χ0) is 11.4. The number of rotatable bonds is 4. The van der Waals surface area contributed by atoms with E-state index in [9.17, 15) is 14.9 Å². The molecule has 0 spiro atoms. The number of ketones is 1. The molecule has 0 N–H and O–H groups in total. The Hall–Kier alpha value is -1.71. The standard InChI is InChI=1S/C11H13NO3/c1-8(13)6-7-10-4-3-5-11(9(10)2)12(14)15/h3-5H,6-7H2,1-2H3. The van der Waals surface area contributed by atoms with Crippen molar-refractivity contribution in [3.63, 3.8) is 0 Å². The van der Waals surface area contributed by atoms with Gasteiger partial charge in [-0.15, -0.1) is 0 Å². The summed E-state index contributed by atoms with van der Waals surface area (Å²) in [4.78, 5) is 21.1. The van der Waals surface area contributed by atoms with Gasteiger partial charge in [-0.25, -0.2) is 0 Å². The van der Waals surface area contributed by atoms with E-state index in [0.29, 0.717) is 18.4 Å².